The first kappa shape index (κ1) is 20.1. The highest BCUT2D eigenvalue weighted by atomic mass is 16.6. The van der Waals surface area contributed by atoms with Gasteiger partial charge in [0.25, 0.3) is 11.6 Å². The highest BCUT2D eigenvalue weighted by Gasteiger charge is 2.16. The van der Waals surface area contributed by atoms with Crippen molar-refractivity contribution in [3.05, 3.63) is 81.7 Å². The summed E-state index contributed by atoms with van der Waals surface area (Å²) >= 11 is 0. The summed E-state index contributed by atoms with van der Waals surface area (Å²) in [5.74, 6) is -1.43. The van der Waals surface area contributed by atoms with E-state index in [-0.39, 0.29) is 23.6 Å². The molecule has 0 fully saturated rings. The van der Waals surface area contributed by atoms with Crippen molar-refractivity contribution < 1.29 is 19.2 Å². The molecular formula is C19H16N4O5. The molecular weight excluding hydrogens is 364 g/mol. The Labute approximate surface area is 160 Å². The van der Waals surface area contributed by atoms with Crippen molar-refractivity contribution in [1.29, 1.82) is 5.26 Å². The van der Waals surface area contributed by atoms with Gasteiger partial charge in [0.05, 0.1) is 22.8 Å². The van der Waals surface area contributed by atoms with Gasteiger partial charge in [-0.2, -0.15) is 5.26 Å². The quantitative estimate of drug-likeness (QED) is 0.326. The Balaban J connectivity index is 2.23. The number of hydrogen-bond donors (Lipinski definition) is 2. The van der Waals surface area contributed by atoms with Crippen LogP contribution in [-0.2, 0) is 9.53 Å². The number of nitro groups is 1. The Hall–Kier alpha value is -4.19. The molecule has 9 nitrogen and oxygen atoms in total. The maximum atomic E-state index is 12.4. The zero-order valence-corrected chi connectivity index (χ0v) is 14.8. The molecule has 0 bridgehead atoms. The van der Waals surface area contributed by atoms with Gasteiger partial charge in [-0.1, -0.05) is 12.1 Å². The molecule has 0 spiro atoms. The highest BCUT2D eigenvalue weighted by Crippen LogP contribution is 2.15. The number of esters is 1. The van der Waals surface area contributed by atoms with Crippen molar-refractivity contribution in [3.8, 4) is 6.07 Å². The van der Waals surface area contributed by atoms with Gasteiger partial charge in [-0.25, -0.2) is 4.79 Å². The summed E-state index contributed by atoms with van der Waals surface area (Å²) in [4.78, 5) is 34.6. The molecule has 0 saturated heterocycles. The second kappa shape index (κ2) is 9.49. The summed E-state index contributed by atoms with van der Waals surface area (Å²) in [5.41, 5.74) is 0.573. The minimum Gasteiger partial charge on any atom is -0.461 e. The van der Waals surface area contributed by atoms with Gasteiger partial charge >= 0.3 is 5.97 Å². The second-order valence-electron chi connectivity index (χ2n) is 5.34. The fourth-order valence-electron chi connectivity index (χ4n) is 2.14. The minimum atomic E-state index is -0.778. The Morgan fingerprint density at radius 3 is 2.50 bits per heavy atom. The molecule has 0 aliphatic rings. The van der Waals surface area contributed by atoms with Gasteiger partial charge in [-0.3, -0.25) is 14.9 Å². The number of non-ortho nitro benzene ring substituents is 1. The number of nitrogens with one attached hydrogen (secondary N) is 2. The fraction of sp³-hybridized carbons (Fsp3) is 0.105. The van der Waals surface area contributed by atoms with E-state index in [0.717, 1.165) is 0 Å². The van der Waals surface area contributed by atoms with E-state index < -0.39 is 16.8 Å². The summed E-state index contributed by atoms with van der Waals surface area (Å²) in [5, 5.41) is 25.0. The largest absolute Gasteiger partial charge is 0.461 e. The van der Waals surface area contributed by atoms with Crippen molar-refractivity contribution in [2.75, 3.05) is 11.9 Å². The lowest BCUT2D eigenvalue weighted by Gasteiger charge is -2.10. The highest BCUT2D eigenvalue weighted by molar-refractivity contribution is 6.01. The molecule has 0 aliphatic heterocycles. The standard InChI is InChI=1S/C19H16N4O5/c1-2-28-19(25)17(12-21-16-6-4-3-5-14(16)11-20)22-18(24)13-7-9-15(10-8-13)23(26)27/h3-10,12,21H,2H2,1H3,(H,22,24)/b17-12-. The molecule has 0 aliphatic carbocycles. The SMILES string of the molecule is CCOC(=O)/C(=C/Nc1ccccc1C#N)NC(=O)c1ccc([N+](=O)[O-])cc1. The van der Waals surface area contributed by atoms with E-state index in [9.17, 15) is 19.7 Å². The van der Waals surface area contributed by atoms with Crippen molar-refractivity contribution in [2.24, 2.45) is 0 Å². The molecule has 2 N–H and O–H groups in total. The first-order valence-corrected chi connectivity index (χ1v) is 8.15. The van der Waals surface area contributed by atoms with Gasteiger partial charge in [0.15, 0.2) is 0 Å². The molecule has 0 unspecified atom stereocenters. The zero-order valence-electron chi connectivity index (χ0n) is 14.8. The molecule has 28 heavy (non-hydrogen) atoms. The monoisotopic (exact) mass is 380 g/mol. The normalized spacial score (nSPS) is 10.5. The van der Waals surface area contributed by atoms with Gasteiger partial charge in [0, 0.05) is 23.9 Å². The maximum absolute atomic E-state index is 12.4. The molecule has 142 valence electrons. The van der Waals surface area contributed by atoms with Crippen LogP contribution in [0.25, 0.3) is 0 Å². The lowest BCUT2D eigenvalue weighted by atomic mass is 10.2. The average molecular weight is 380 g/mol. The molecule has 0 atom stereocenters. The molecule has 2 aromatic rings. The van der Waals surface area contributed by atoms with E-state index in [1.165, 1.54) is 30.5 Å². The number of nitro benzene ring substituents is 1. The van der Waals surface area contributed by atoms with E-state index >= 15 is 0 Å². The predicted octanol–water partition coefficient (Wildman–Crippen LogP) is 2.71. The number of amides is 1. The number of ether oxygens (including phenoxy) is 1. The second-order valence-corrected chi connectivity index (χ2v) is 5.34. The first-order chi connectivity index (χ1) is 13.5. The van der Waals surface area contributed by atoms with E-state index in [1.54, 1.807) is 31.2 Å². The third kappa shape index (κ3) is 5.15. The number of benzene rings is 2. The molecule has 1 amide bonds. The van der Waals surface area contributed by atoms with Crippen LogP contribution in [0.4, 0.5) is 11.4 Å². The number of rotatable bonds is 7. The summed E-state index contributed by atoms with van der Waals surface area (Å²) in [6, 6.07) is 13.5. The van der Waals surface area contributed by atoms with Crippen LogP contribution in [0.1, 0.15) is 22.8 Å². The number of nitriles is 1. The Kier molecular flexibility index (Phi) is 6.82. The molecule has 2 rings (SSSR count). The zero-order chi connectivity index (χ0) is 20.5. The topological polar surface area (TPSA) is 134 Å². The van der Waals surface area contributed by atoms with Crippen LogP contribution in [0.3, 0.4) is 0 Å². The van der Waals surface area contributed by atoms with Gasteiger partial charge < -0.3 is 15.4 Å². The molecule has 0 heterocycles. The summed E-state index contributed by atoms with van der Waals surface area (Å²) in [6.45, 7) is 1.71. The van der Waals surface area contributed by atoms with Crippen LogP contribution in [0, 0.1) is 21.4 Å². The van der Waals surface area contributed by atoms with Crippen LogP contribution in [0.5, 0.6) is 0 Å². The van der Waals surface area contributed by atoms with Gasteiger partial charge in [-0.05, 0) is 31.2 Å². The van der Waals surface area contributed by atoms with E-state index in [2.05, 4.69) is 10.6 Å². The molecule has 9 heteroatoms. The van der Waals surface area contributed by atoms with E-state index in [0.29, 0.717) is 11.3 Å². The first-order valence-electron chi connectivity index (χ1n) is 8.15. The minimum absolute atomic E-state index is 0.0956. The summed E-state index contributed by atoms with van der Waals surface area (Å²) in [6.07, 6.45) is 1.22. The Bertz CT molecular complexity index is 961. The van der Waals surface area contributed by atoms with Crippen molar-refractivity contribution in [3.63, 3.8) is 0 Å². The number of nitrogens with zero attached hydrogens (tertiary/aromatic N) is 2. The van der Waals surface area contributed by atoms with Gasteiger partial charge in [0.1, 0.15) is 11.8 Å². The number of hydrogen-bond acceptors (Lipinski definition) is 7. The van der Waals surface area contributed by atoms with Crippen LogP contribution in [0.2, 0.25) is 0 Å². The number of carbonyl (C=O) groups is 2. The molecule has 0 radical (unpaired) electrons. The lowest BCUT2D eigenvalue weighted by molar-refractivity contribution is -0.384. The molecule has 2 aromatic carbocycles. The van der Waals surface area contributed by atoms with Crippen LogP contribution in [0.15, 0.2) is 60.4 Å². The van der Waals surface area contributed by atoms with Crippen molar-refractivity contribution in [1.82, 2.24) is 5.32 Å². The van der Waals surface area contributed by atoms with Crippen molar-refractivity contribution >= 4 is 23.3 Å². The average Bonchev–Trinajstić information content (AvgIpc) is 2.71. The summed E-state index contributed by atoms with van der Waals surface area (Å²) < 4.78 is 4.92. The Morgan fingerprint density at radius 2 is 1.89 bits per heavy atom. The third-order valence-electron chi connectivity index (χ3n) is 3.50. The number of carbonyl (C=O) groups excluding carboxylic acids is 2. The lowest BCUT2D eigenvalue weighted by Crippen LogP contribution is -2.29. The molecule has 0 aromatic heterocycles. The van der Waals surface area contributed by atoms with Crippen LogP contribution < -0.4 is 10.6 Å². The van der Waals surface area contributed by atoms with Gasteiger partial charge in [0.2, 0.25) is 0 Å². The summed E-state index contributed by atoms with van der Waals surface area (Å²) in [7, 11) is 0. The fourth-order valence-corrected chi connectivity index (χ4v) is 2.14. The van der Waals surface area contributed by atoms with Gasteiger partial charge in [-0.15, -0.1) is 0 Å². The number of anilines is 1. The van der Waals surface area contributed by atoms with E-state index in [4.69, 9.17) is 10.00 Å². The Morgan fingerprint density at radius 1 is 1.21 bits per heavy atom. The maximum Gasteiger partial charge on any atom is 0.356 e. The number of para-hydroxylation sites is 1. The molecule has 0 saturated carbocycles. The van der Waals surface area contributed by atoms with E-state index in [1.807, 2.05) is 6.07 Å². The third-order valence-corrected chi connectivity index (χ3v) is 3.50. The van der Waals surface area contributed by atoms with Crippen LogP contribution >= 0.6 is 0 Å². The van der Waals surface area contributed by atoms with Crippen LogP contribution in [-0.4, -0.2) is 23.4 Å². The van der Waals surface area contributed by atoms with Crippen molar-refractivity contribution in [2.45, 2.75) is 6.92 Å². The smallest absolute Gasteiger partial charge is 0.356 e. The predicted molar refractivity (Wildman–Crippen MR) is 100 cm³/mol.